The zero-order valence-electron chi connectivity index (χ0n) is 18.7. The van der Waals surface area contributed by atoms with Gasteiger partial charge in [0.25, 0.3) is 5.91 Å². The van der Waals surface area contributed by atoms with Gasteiger partial charge in [0.05, 0.1) is 4.90 Å². The number of benzene rings is 2. The number of fused-ring (bicyclic) bond motifs is 1. The molecule has 0 radical (unpaired) electrons. The number of sulfonamides is 1. The van der Waals surface area contributed by atoms with Crippen molar-refractivity contribution in [2.75, 3.05) is 12.4 Å². The molecule has 4 aromatic rings. The zero-order chi connectivity index (χ0) is 23.7. The Hall–Kier alpha value is -3.01. The van der Waals surface area contributed by atoms with Crippen LogP contribution >= 0.6 is 11.3 Å². The zero-order valence-corrected chi connectivity index (χ0v) is 20.4. The van der Waals surface area contributed by atoms with Crippen LogP contribution in [0.5, 0.6) is 0 Å². The van der Waals surface area contributed by atoms with E-state index in [1.165, 1.54) is 39.9 Å². The van der Waals surface area contributed by atoms with Crippen molar-refractivity contribution in [3.8, 4) is 11.5 Å². The minimum atomic E-state index is -3.60. The number of amides is 1. The smallest absolute Gasteiger partial charge is 0.257 e. The van der Waals surface area contributed by atoms with Crippen LogP contribution in [0.3, 0.4) is 0 Å². The van der Waals surface area contributed by atoms with E-state index < -0.39 is 10.0 Å². The van der Waals surface area contributed by atoms with Crippen LogP contribution < -0.4 is 5.32 Å². The second kappa shape index (κ2) is 9.32. The molecule has 5 rings (SSSR count). The normalized spacial score (nSPS) is 15.1. The summed E-state index contributed by atoms with van der Waals surface area (Å²) in [5, 5.41) is 6.03. The maximum absolute atomic E-state index is 13.0. The summed E-state index contributed by atoms with van der Waals surface area (Å²) in [6, 6.07) is 15.7. The highest BCUT2D eigenvalue weighted by Crippen LogP contribution is 2.30. The summed E-state index contributed by atoms with van der Waals surface area (Å²) in [5.41, 5.74) is 1.78. The van der Waals surface area contributed by atoms with Gasteiger partial charge in [-0.25, -0.2) is 13.4 Å². The van der Waals surface area contributed by atoms with Gasteiger partial charge in [-0.15, -0.1) is 11.3 Å². The topological polar surface area (TPSA) is 92.5 Å². The van der Waals surface area contributed by atoms with Crippen molar-refractivity contribution in [1.82, 2.24) is 9.29 Å². The number of para-hydroxylation sites is 1. The molecule has 9 heteroatoms. The maximum atomic E-state index is 13.0. The lowest BCUT2D eigenvalue weighted by molar-refractivity contribution is 0.102. The van der Waals surface area contributed by atoms with Gasteiger partial charge in [0.1, 0.15) is 11.3 Å². The van der Waals surface area contributed by atoms with Crippen molar-refractivity contribution in [3.63, 3.8) is 0 Å². The molecule has 1 aliphatic rings. The largest absolute Gasteiger partial charge is 0.454 e. The van der Waals surface area contributed by atoms with Crippen molar-refractivity contribution in [2.24, 2.45) is 0 Å². The number of nitrogens with one attached hydrogen (secondary N) is 1. The van der Waals surface area contributed by atoms with E-state index in [-0.39, 0.29) is 16.8 Å². The highest BCUT2D eigenvalue weighted by molar-refractivity contribution is 7.89. The predicted molar refractivity (Wildman–Crippen MR) is 134 cm³/mol. The summed E-state index contributed by atoms with van der Waals surface area (Å²) < 4.78 is 33.3. The first kappa shape index (κ1) is 22.8. The molecule has 0 atom stereocenters. The molecule has 1 amide bonds. The number of hydrogen-bond acceptors (Lipinski definition) is 6. The molecule has 0 aliphatic heterocycles. The number of thiazole rings is 1. The summed E-state index contributed by atoms with van der Waals surface area (Å²) in [4.78, 5) is 17.4. The Morgan fingerprint density at radius 2 is 1.82 bits per heavy atom. The molecule has 2 heterocycles. The first-order valence-corrected chi connectivity index (χ1v) is 13.6. The first-order chi connectivity index (χ1) is 16.4. The van der Waals surface area contributed by atoms with Gasteiger partial charge in [-0.2, -0.15) is 4.31 Å². The number of carbonyl (C=O) groups is 1. The van der Waals surface area contributed by atoms with Crippen molar-refractivity contribution in [2.45, 2.75) is 43.0 Å². The highest BCUT2D eigenvalue weighted by Gasteiger charge is 2.29. The molecule has 2 aromatic heterocycles. The Morgan fingerprint density at radius 1 is 1.09 bits per heavy atom. The molecule has 0 bridgehead atoms. The Kier molecular flexibility index (Phi) is 6.24. The van der Waals surface area contributed by atoms with Gasteiger partial charge < -0.3 is 4.42 Å². The average molecular weight is 496 g/mol. The summed E-state index contributed by atoms with van der Waals surface area (Å²) >= 11 is 1.30. The minimum Gasteiger partial charge on any atom is -0.454 e. The Labute approximate surface area is 202 Å². The van der Waals surface area contributed by atoms with E-state index in [0.29, 0.717) is 22.1 Å². The van der Waals surface area contributed by atoms with E-state index in [2.05, 4.69) is 10.3 Å². The molecule has 7 nitrogen and oxygen atoms in total. The van der Waals surface area contributed by atoms with Crippen LogP contribution in [0.25, 0.3) is 22.4 Å². The van der Waals surface area contributed by atoms with Gasteiger partial charge in [-0.3, -0.25) is 10.1 Å². The molecular weight excluding hydrogens is 470 g/mol. The van der Waals surface area contributed by atoms with Crippen LogP contribution in [0.1, 0.15) is 42.5 Å². The second-order valence-corrected chi connectivity index (χ2v) is 11.3. The lowest BCUT2D eigenvalue weighted by Crippen LogP contribution is -2.38. The van der Waals surface area contributed by atoms with E-state index >= 15 is 0 Å². The molecule has 2 aromatic carbocycles. The SMILES string of the molecule is CN(C1CCCCC1)S(=O)(=O)c1ccc(C(=O)Nc2nc(-c3cc4ccccc4o3)cs2)cc1. The summed E-state index contributed by atoms with van der Waals surface area (Å²) in [7, 11) is -1.95. The van der Waals surface area contributed by atoms with Crippen LogP contribution in [0.2, 0.25) is 0 Å². The summed E-state index contributed by atoms with van der Waals surface area (Å²) in [5.74, 6) is 0.282. The molecule has 0 unspecified atom stereocenters. The monoisotopic (exact) mass is 495 g/mol. The molecule has 1 aliphatic carbocycles. The van der Waals surface area contributed by atoms with Gasteiger partial charge in [0, 0.05) is 29.4 Å². The fraction of sp³-hybridized carbons (Fsp3) is 0.280. The van der Waals surface area contributed by atoms with Crippen molar-refractivity contribution < 1.29 is 17.6 Å². The van der Waals surface area contributed by atoms with Crippen molar-refractivity contribution >= 4 is 43.4 Å². The van der Waals surface area contributed by atoms with Gasteiger partial charge in [-0.1, -0.05) is 37.5 Å². The number of aromatic nitrogens is 1. The highest BCUT2D eigenvalue weighted by atomic mass is 32.2. The van der Waals surface area contributed by atoms with Gasteiger partial charge in [-0.05, 0) is 49.2 Å². The first-order valence-electron chi connectivity index (χ1n) is 11.3. The van der Waals surface area contributed by atoms with Gasteiger partial charge >= 0.3 is 0 Å². The number of anilines is 1. The molecule has 1 N–H and O–H groups in total. The number of rotatable bonds is 6. The Morgan fingerprint density at radius 3 is 2.56 bits per heavy atom. The molecular formula is C25H25N3O4S2. The van der Waals surface area contributed by atoms with Crippen molar-refractivity contribution in [1.29, 1.82) is 0 Å². The van der Waals surface area contributed by atoms with E-state index in [0.717, 1.165) is 43.1 Å². The third kappa shape index (κ3) is 4.51. The average Bonchev–Trinajstić information content (AvgIpc) is 3.51. The van der Waals surface area contributed by atoms with E-state index in [4.69, 9.17) is 4.42 Å². The Balaban J connectivity index is 1.27. The van der Waals surface area contributed by atoms with Crippen LogP contribution in [-0.2, 0) is 10.0 Å². The summed E-state index contributed by atoms with van der Waals surface area (Å²) in [6.07, 6.45) is 5.05. The Bertz CT molecular complexity index is 1380. The standard InChI is InChI=1S/C25H25N3O4S2/c1-28(19-8-3-2-4-9-19)34(30,31)20-13-11-17(12-14-20)24(29)27-25-26-21(16-33-25)23-15-18-7-5-6-10-22(18)32-23/h5-7,10-16,19H,2-4,8-9H2,1H3,(H,26,27,29). The van der Waals surface area contributed by atoms with E-state index in [1.807, 2.05) is 35.7 Å². The number of hydrogen-bond donors (Lipinski definition) is 1. The van der Waals surface area contributed by atoms with Crippen LogP contribution in [-0.4, -0.2) is 36.7 Å². The third-order valence-corrected chi connectivity index (χ3v) is 8.97. The number of nitrogens with zero attached hydrogens (tertiary/aromatic N) is 2. The fourth-order valence-electron chi connectivity index (χ4n) is 4.31. The summed E-state index contributed by atoms with van der Waals surface area (Å²) in [6.45, 7) is 0. The number of furan rings is 1. The van der Waals surface area contributed by atoms with Crippen molar-refractivity contribution in [3.05, 3.63) is 65.5 Å². The lowest BCUT2D eigenvalue weighted by atomic mass is 9.96. The second-order valence-electron chi connectivity index (χ2n) is 8.48. The van der Waals surface area contributed by atoms with Crippen LogP contribution in [0.15, 0.2) is 69.3 Å². The van der Waals surface area contributed by atoms with Crippen LogP contribution in [0, 0.1) is 0 Å². The fourth-order valence-corrected chi connectivity index (χ4v) is 6.42. The van der Waals surface area contributed by atoms with Gasteiger partial charge in [0.15, 0.2) is 10.9 Å². The van der Waals surface area contributed by atoms with Gasteiger partial charge in [0.2, 0.25) is 10.0 Å². The predicted octanol–water partition coefficient (Wildman–Crippen LogP) is 5.76. The van der Waals surface area contributed by atoms with E-state index in [9.17, 15) is 13.2 Å². The molecule has 0 spiro atoms. The molecule has 1 fully saturated rings. The molecule has 0 saturated heterocycles. The number of carbonyl (C=O) groups excluding carboxylic acids is 1. The minimum absolute atomic E-state index is 0.0348. The third-order valence-electron chi connectivity index (χ3n) is 6.29. The van der Waals surface area contributed by atoms with E-state index in [1.54, 1.807) is 7.05 Å². The molecule has 1 saturated carbocycles. The van der Waals surface area contributed by atoms with Crippen LogP contribution in [0.4, 0.5) is 5.13 Å². The molecule has 34 heavy (non-hydrogen) atoms. The lowest BCUT2D eigenvalue weighted by Gasteiger charge is -2.30. The molecule has 176 valence electrons. The maximum Gasteiger partial charge on any atom is 0.257 e. The quantitative estimate of drug-likeness (QED) is 0.367.